The minimum atomic E-state index is 0.699. The Kier molecular flexibility index (Phi) is 4.90. The van der Waals surface area contributed by atoms with E-state index in [-0.39, 0.29) is 0 Å². The molecule has 1 heterocycles. The van der Waals surface area contributed by atoms with Crippen molar-refractivity contribution >= 4 is 16.6 Å². The Morgan fingerprint density at radius 2 is 2.11 bits per heavy atom. The van der Waals surface area contributed by atoms with Crippen molar-refractivity contribution in [1.82, 2.24) is 10.2 Å². The first-order chi connectivity index (χ1) is 8.92. The summed E-state index contributed by atoms with van der Waals surface area (Å²) in [6.07, 6.45) is 4.06. The van der Waals surface area contributed by atoms with E-state index >= 15 is 0 Å². The maximum atomic E-state index is 5.50. The van der Waals surface area contributed by atoms with Crippen LogP contribution in [-0.4, -0.2) is 30.0 Å². The molecule has 0 aliphatic carbocycles. The maximum absolute atomic E-state index is 5.50. The van der Waals surface area contributed by atoms with E-state index in [0.717, 1.165) is 36.2 Å². The molecule has 0 spiro atoms. The molecule has 2 rings (SSSR count). The van der Waals surface area contributed by atoms with Crippen LogP contribution in [0, 0.1) is 0 Å². The molecule has 0 unspecified atom stereocenters. The number of hydrogen-bond acceptors (Lipinski definition) is 4. The van der Waals surface area contributed by atoms with Gasteiger partial charge in [-0.1, -0.05) is 37.6 Å². The highest BCUT2D eigenvalue weighted by molar-refractivity contribution is 5.90. The number of nitrogens with zero attached hydrogens (tertiary/aromatic N) is 2. The molecular weight excluding hydrogens is 226 g/mol. The fourth-order valence-electron chi connectivity index (χ4n) is 1.75. The zero-order valence-electron chi connectivity index (χ0n) is 10.7. The molecule has 4 nitrogen and oxygen atoms in total. The fraction of sp³-hybridized carbons (Fsp3) is 0.429. The molecule has 0 saturated carbocycles. The molecule has 0 bridgehead atoms. The molecule has 0 fully saturated rings. The van der Waals surface area contributed by atoms with Crippen LogP contribution < -0.4 is 5.32 Å². The van der Waals surface area contributed by atoms with Gasteiger partial charge in [-0.05, 0) is 6.42 Å². The lowest BCUT2D eigenvalue weighted by Gasteiger charge is -2.08. The second kappa shape index (κ2) is 6.91. The van der Waals surface area contributed by atoms with Gasteiger partial charge < -0.3 is 10.1 Å². The standard InChI is InChI=1S/C14H19N3O/c1-2-3-9-18-10-8-15-14-13-7-5-4-6-12(13)11-16-17-14/h4-7,11H,2-3,8-10H2,1H3,(H,15,17). The van der Waals surface area contributed by atoms with Crippen LogP contribution >= 0.6 is 0 Å². The normalized spacial score (nSPS) is 10.7. The Hall–Kier alpha value is -1.68. The highest BCUT2D eigenvalue weighted by atomic mass is 16.5. The van der Waals surface area contributed by atoms with Crippen molar-refractivity contribution in [1.29, 1.82) is 0 Å². The Morgan fingerprint density at radius 1 is 1.22 bits per heavy atom. The van der Waals surface area contributed by atoms with Crippen molar-refractivity contribution in [3.63, 3.8) is 0 Å². The third-order valence-corrected chi connectivity index (χ3v) is 2.75. The van der Waals surface area contributed by atoms with Crippen molar-refractivity contribution in [2.45, 2.75) is 19.8 Å². The van der Waals surface area contributed by atoms with E-state index in [1.807, 2.05) is 24.3 Å². The number of ether oxygens (including phenoxy) is 1. The van der Waals surface area contributed by atoms with Crippen LogP contribution in [0.4, 0.5) is 5.82 Å². The predicted octanol–water partition coefficient (Wildman–Crippen LogP) is 2.86. The molecule has 0 aliphatic rings. The van der Waals surface area contributed by atoms with Crippen LogP contribution in [0.2, 0.25) is 0 Å². The third-order valence-electron chi connectivity index (χ3n) is 2.75. The third kappa shape index (κ3) is 3.40. The lowest BCUT2D eigenvalue weighted by Crippen LogP contribution is -2.11. The number of hydrogen-bond donors (Lipinski definition) is 1. The topological polar surface area (TPSA) is 47.0 Å². The van der Waals surface area contributed by atoms with Crippen molar-refractivity contribution in [2.75, 3.05) is 25.1 Å². The van der Waals surface area contributed by atoms with Crippen LogP contribution in [0.1, 0.15) is 19.8 Å². The van der Waals surface area contributed by atoms with Gasteiger partial charge >= 0.3 is 0 Å². The molecule has 1 aromatic carbocycles. The van der Waals surface area contributed by atoms with Gasteiger partial charge in [-0.2, -0.15) is 5.10 Å². The van der Waals surface area contributed by atoms with E-state index in [4.69, 9.17) is 4.74 Å². The van der Waals surface area contributed by atoms with Gasteiger partial charge in [0, 0.05) is 23.9 Å². The number of fused-ring (bicyclic) bond motifs is 1. The van der Waals surface area contributed by atoms with Gasteiger partial charge in [-0.15, -0.1) is 5.10 Å². The van der Waals surface area contributed by atoms with E-state index in [1.165, 1.54) is 6.42 Å². The van der Waals surface area contributed by atoms with E-state index in [9.17, 15) is 0 Å². The van der Waals surface area contributed by atoms with E-state index < -0.39 is 0 Å². The summed E-state index contributed by atoms with van der Waals surface area (Å²) in [5.74, 6) is 0.826. The molecule has 1 aromatic heterocycles. The highest BCUT2D eigenvalue weighted by Crippen LogP contribution is 2.18. The van der Waals surface area contributed by atoms with Gasteiger partial charge in [0.05, 0.1) is 12.8 Å². The van der Waals surface area contributed by atoms with E-state index in [2.05, 4.69) is 22.4 Å². The zero-order valence-corrected chi connectivity index (χ0v) is 10.7. The number of nitrogens with one attached hydrogen (secondary N) is 1. The van der Waals surface area contributed by atoms with Gasteiger partial charge in [0.1, 0.15) is 0 Å². The number of aromatic nitrogens is 2. The summed E-state index contributed by atoms with van der Waals surface area (Å²) < 4.78 is 5.50. The molecule has 2 aromatic rings. The molecular formula is C14H19N3O. The quantitative estimate of drug-likeness (QED) is 0.762. The van der Waals surface area contributed by atoms with Crippen molar-refractivity contribution in [3.8, 4) is 0 Å². The van der Waals surface area contributed by atoms with Gasteiger partial charge in [-0.25, -0.2) is 0 Å². The van der Waals surface area contributed by atoms with Gasteiger partial charge in [0.2, 0.25) is 0 Å². The molecule has 18 heavy (non-hydrogen) atoms. The van der Waals surface area contributed by atoms with Crippen LogP contribution in [0.5, 0.6) is 0 Å². The first-order valence-electron chi connectivity index (χ1n) is 6.44. The highest BCUT2D eigenvalue weighted by Gasteiger charge is 2.01. The van der Waals surface area contributed by atoms with Gasteiger partial charge in [0.15, 0.2) is 5.82 Å². The predicted molar refractivity (Wildman–Crippen MR) is 73.8 cm³/mol. The van der Waals surface area contributed by atoms with Crippen LogP contribution in [-0.2, 0) is 4.74 Å². The summed E-state index contributed by atoms with van der Waals surface area (Å²) in [5, 5.41) is 13.6. The minimum absolute atomic E-state index is 0.699. The average Bonchev–Trinajstić information content (AvgIpc) is 2.43. The lowest BCUT2D eigenvalue weighted by atomic mass is 10.2. The lowest BCUT2D eigenvalue weighted by molar-refractivity contribution is 0.141. The number of unbranched alkanes of at least 4 members (excludes halogenated alkanes) is 1. The molecule has 0 atom stereocenters. The summed E-state index contributed by atoms with van der Waals surface area (Å²) in [7, 11) is 0. The fourth-order valence-corrected chi connectivity index (χ4v) is 1.75. The summed E-state index contributed by atoms with van der Waals surface area (Å²) >= 11 is 0. The Bertz CT molecular complexity index is 482. The zero-order chi connectivity index (χ0) is 12.6. The van der Waals surface area contributed by atoms with Crippen LogP contribution in [0.15, 0.2) is 30.5 Å². The maximum Gasteiger partial charge on any atom is 0.156 e. The first kappa shape index (κ1) is 12.8. The SMILES string of the molecule is CCCCOCCNc1nncc2ccccc12. The largest absolute Gasteiger partial charge is 0.380 e. The van der Waals surface area contributed by atoms with E-state index in [0.29, 0.717) is 6.61 Å². The summed E-state index contributed by atoms with van der Waals surface area (Å²) in [5.41, 5.74) is 0. The molecule has 1 N–H and O–H groups in total. The van der Waals surface area contributed by atoms with Crippen LogP contribution in [0.25, 0.3) is 10.8 Å². The minimum Gasteiger partial charge on any atom is -0.380 e. The van der Waals surface area contributed by atoms with Gasteiger partial charge in [0.25, 0.3) is 0 Å². The first-order valence-corrected chi connectivity index (χ1v) is 6.44. The Morgan fingerprint density at radius 3 is 3.00 bits per heavy atom. The molecule has 0 saturated heterocycles. The second-order valence-electron chi connectivity index (χ2n) is 4.17. The monoisotopic (exact) mass is 245 g/mol. The Balaban J connectivity index is 1.88. The summed E-state index contributed by atoms with van der Waals surface area (Å²) in [6.45, 7) is 4.45. The summed E-state index contributed by atoms with van der Waals surface area (Å²) in [6, 6.07) is 8.09. The number of rotatable bonds is 7. The number of anilines is 1. The second-order valence-corrected chi connectivity index (χ2v) is 4.17. The Labute approximate surface area is 107 Å². The molecule has 0 amide bonds. The molecule has 4 heteroatoms. The van der Waals surface area contributed by atoms with Crippen molar-refractivity contribution in [3.05, 3.63) is 30.5 Å². The number of benzene rings is 1. The van der Waals surface area contributed by atoms with Crippen LogP contribution in [0.3, 0.4) is 0 Å². The average molecular weight is 245 g/mol. The summed E-state index contributed by atoms with van der Waals surface area (Å²) in [4.78, 5) is 0. The molecule has 96 valence electrons. The van der Waals surface area contributed by atoms with E-state index in [1.54, 1.807) is 6.20 Å². The van der Waals surface area contributed by atoms with Crippen molar-refractivity contribution in [2.24, 2.45) is 0 Å². The molecule has 0 aliphatic heterocycles. The molecule has 0 radical (unpaired) electrons. The van der Waals surface area contributed by atoms with Gasteiger partial charge in [-0.3, -0.25) is 0 Å². The smallest absolute Gasteiger partial charge is 0.156 e. The van der Waals surface area contributed by atoms with Crippen molar-refractivity contribution < 1.29 is 4.74 Å².